The summed E-state index contributed by atoms with van der Waals surface area (Å²) in [7, 11) is 1.68. The van der Waals surface area contributed by atoms with E-state index in [0.29, 0.717) is 11.8 Å². The van der Waals surface area contributed by atoms with E-state index in [0.717, 1.165) is 28.1 Å². The molecule has 0 saturated carbocycles. The Morgan fingerprint density at radius 2 is 2.06 bits per heavy atom. The van der Waals surface area contributed by atoms with Crippen LogP contribution in [-0.4, -0.2) is 12.3 Å². The summed E-state index contributed by atoms with van der Waals surface area (Å²) >= 11 is 0. The molecule has 0 aliphatic carbocycles. The summed E-state index contributed by atoms with van der Waals surface area (Å²) in [6.45, 7) is 6.16. The van der Waals surface area contributed by atoms with Crippen LogP contribution in [0.5, 0.6) is 5.75 Å². The lowest BCUT2D eigenvalue weighted by Gasteiger charge is -2.12. The molecule has 1 heterocycles. The predicted octanol–water partition coefficient (Wildman–Crippen LogP) is 3.36. The molecule has 1 aromatic carbocycles. The number of aromatic nitrogens is 1. The molecule has 96 valence electrons. The van der Waals surface area contributed by atoms with Gasteiger partial charge in [-0.25, -0.2) is 0 Å². The van der Waals surface area contributed by atoms with Gasteiger partial charge in [-0.2, -0.15) is 0 Å². The number of nitrogen functional groups attached to an aromatic ring is 1. The van der Waals surface area contributed by atoms with Crippen LogP contribution in [0.15, 0.2) is 22.7 Å². The number of rotatable bonds is 3. The summed E-state index contributed by atoms with van der Waals surface area (Å²) in [5.74, 6) is 1.64. The van der Waals surface area contributed by atoms with Gasteiger partial charge in [0, 0.05) is 11.1 Å². The average Bonchev–Trinajstić information content (AvgIpc) is 2.69. The van der Waals surface area contributed by atoms with E-state index < -0.39 is 0 Å². The van der Waals surface area contributed by atoms with Crippen molar-refractivity contribution >= 4 is 5.88 Å². The van der Waals surface area contributed by atoms with E-state index >= 15 is 0 Å². The molecule has 0 unspecified atom stereocenters. The van der Waals surface area contributed by atoms with Crippen LogP contribution in [-0.2, 0) is 0 Å². The predicted molar refractivity (Wildman–Crippen MR) is 71.7 cm³/mol. The molecule has 2 rings (SSSR count). The van der Waals surface area contributed by atoms with Gasteiger partial charge in [-0.3, -0.25) is 0 Å². The standard InChI is InChI=1S/C14H18N2O2/c1-8(2)11-7-10(5-6-12(11)17-4)13-9(3)14(15)18-16-13/h5-8H,15H2,1-4H3. The third-order valence-electron chi connectivity index (χ3n) is 3.09. The molecule has 0 aliphatic rings. The minimum Gasteiger partial charge on any atom is -0.496 e. The van der Waals surface area contributed by atoms with E-state index in [4.69, 9.17) is 15.0 Å². The summed E-state index contributed by atoms with van der Waals surface area (Å²) in [6, 6.07) is 6.00. The van der Waals surface area contributed by atoms with Gasteiger partial charge in [0.05, 0.1) is 7.11 Å². The van der Waals surface area contributed by atoms with Crippen LogP contribution < -0.4 is 10.5 Å². The van der Waals surface area contributed by atoms with Crippen molar-refractivity contribution in [3.05, 3.63) is 29.3 Å². The zero-order chi connectivity index (χ0) is 13.3. The topological polar surface area (TPSA) is 61.3 Å². The van der Waals surface area contributed by atoms with Crippen LogP contribution in [0.25, 0.3) is 11.3 Å². The second-order valence-corrected chi connectivity index (χ2v) is 4.63. The number of nitrogens with zero attached hydrogens (tertiary/aromatic N) is 1. The second kappa shape index (κ2) is 4.72. The lowest BCUT2D eigenvalue weighted by atomic mass is 9.97. The van der Waals surface area contributed by atoms with E-state index in [2.05, 4.69) is 25.1 Å². The highest BCUT2D eigenvalue weighted by Gasteiger charge is 2.14. The van der Waals surface area contributed by atoms with Gasteiger partial charge in [-0.15, -0.1) is 0 Å². The fourth-order valence-electron chi connectivity index (χ4n) is 1.95. The molecule has 18 heavy (non-hydrogen) atoms. The van der Waals surface area contributed by atoms with Gasteiger partial charge in [0.2, 0.25) is 5.88 Å². The summed E-state index contributed by atoms with van der Waals surface area (Å²) in [4.78, 5) is 0. The molecule has 0 radical (unpaired) electrons. The first-order valence-electron chi connectivity index (χ1n) is 5.94. The molecular formula is C14H18N2O2. The van der Waals surface area contributed by atoms with E-state index in [9.17, 15) is 0 Å². The van der Waals surface area contributed by atoms with Crippen LogP contribution in [0.1, 0.15) is 30.9 Å². The molecule has 0 atom stereocenters. The Labute approximate surface area is 107 Å². The van der Waals surface area contributed by atoms with Crippen molar-refractivity contribution in [2.24, 2.45) is 0 Å². The average molecular weight is 246 g/mol. The number of nitrogens with two attached hydrogens (primary N) is 1. The Bertz CT molecular complexity index is 559. The number of hydrogen-bond donors (Lipinski definition) is 1. The fraction of sp³-hybridized carbons (Fsp3) is 0.357. The number of ether oxygens (including phenoxy) is 1. The van der Waals surface area contributed by atoms with Crippen molar-refractivity contribution in [2.75, 3.05) is 12.8 Å². The minimum atomic E-state index is 0.368. The molecule has 2 N–H and O–H groups in total. The van der Waals surface area contributed by atoms with E-state index in [1.807, 2.05) is 19.1 Å². The maximum atomic E-state index is 5.68. The minimum absolute atomic E-state index is 0.368. The largest absolute Gasteiger partial charge is 0.496 e. The Kier molecular flexibility index (Phi) is 3.28. The van der Waals surface area contributed by atoms with Gasteiger partial charge in [-0.1, -0.05) is 19.0 Å². The van der Waals surface area contributed by atoms with Crippen molar-refractivity contribution in [1.29, 1.82) is 0 Å². The summed E-state index contributed by atoms with van der Waals surface area (Å²) < 4.78 is 10.4. The van der Waals surface area contributed by atoms with Crippen LogP contribution in [0.2, 0.25) is 0 Å². The molecule has 0 aliphatic heterocycles. The van der Waals surface area contributed by atoms with Gasteiger partial charge in [0.15, 0.2) is 0 Å². The fourth-order valence-corrected chi connectivity index (χ4v) is 1.95. The van der Waals surface area contributed by atoms with Crippen LogP contribution in [0, 0.1) is 6.92 Å². The van der Waals surface area contributed by atoms with Gasteiger partial charge < -0.3 is 15.0 Å². The van der Waals surface area contributed by atoms with Crippen molar-refractivity contribution in [3.63, 3.8) is 0 Å². The maximum absolute atomic E-state index is 5.68. The highest BCUT2D eigenvalue weighted by atomic mass is 16.5. The first kappa shape index (κ1) is 12.5. The highest BCUT2D eigenvalue weighted by molar-refractivity contribution is 5.68. The molecule has 4 heteroatoms. The number of hydrogen-bond acceptors (Lipinski definition) is 4. The van der Waals surface area contributed by atoms with Crippen molar-refractivity contribution < 1.29 is 9.26 Å². The van der Waals surface area contributed by atoms with E-state index in [-0.39, 0.29) is 0 Å². The van der Waals surface area contributed by atoms with Crippen LogP contribution in [0.4, 0.5) is 5.88 Å². The molecule has 2 aromatic rings. The number of benzene rings is 1. The van der Waals surface area contributed by atoms with Crippen molar-refractivity contribution in [1.82, 2.24) is 5.16 Å². The van der Waals surface area contributed by atoms with Crippen molar-refractivity contribution in [2.45, 2.75) is 26.7 Å². The van der Waals surface area contributed by atoms with Crippen LogP contribution >= 0.6 is 0 Å². The monoisotopic (exact) mass is 246 g/mol. The molecule has 0 spiro atoms. The SMILES string of the molecule is COc1ccc(-c2noc(N)c2C)cc1C(C)C. The second-order valence-electron chi connectivity index (χ2n) is 4.63. The maximum Gasteiger partial charge on any atom is 0.225 e. The van der Waals surface area contributed by atoms with Gasteiger partial charge in [0.1, 0.15) is 11.4 Å². The summed E-state index contributed by atoms with van der Waals surface area (Å²) in [6.07, 6.45) is 0. The molecule has 0 amide bonds. The molecule has 0 saturated heterocycles. The van der Waals surface area contributed by atoms with Crippen LogP contribution in [0.3, 0.4) is 0 Å². The lowest BCUT2D eigenvalue weighted by molar-refractivity contribution is 0.407. The summed E-state index contributed by atoms with van der Waals surface area (Å²) in [5.41, 5.74) is 9.48. The summed E-state index contributed by atoms with van der Waals surface area (Å²) in [5, 5.41) is 4.00. The third kappa shape index (κ3) is 2.06. The molecule has 0 fully saturated rings. The molecule has 4 nitrogen and oxygen atoms in total. The Morgan fingerprint density at radius 1 is 1.33 bits per heavy atom. The first-order valence-corrected chi connectivity index (χ1v) is 5.94. The smallest absolute Gasteiger partial charge is 0.225 e. The highest BCUT2D eigenvalue weighted by Crippen LogP contribution is 2.33. The van der Waals surface area contributed by atoms with E-state index in [1.165, 1.54) is 0 Å². The quantitative estimate of drug-likeness (QED) is 0.902. The first-order chi connectivity index (χ1) is 8.54. The zero-order valence-corrected chi connectivity index (χ0v) is 11.2. The zero-order valence-electron chi connectivity index (χ0n) is 11.2. The molecular weight excluding hydrogens is 228 g/mol. The molecule has 0 bridgehead atoms. The van der Waals surface area contributed by atoms with E-state index in [1.54, 1.807) is 7.11 Å². The lowest BCUT2D eigenvalue weighted by Crippen LogP contribution is -1.95. The Hall–Kier alpha value is -1.97. The van der Waals surface area contributed by atoms with Crippen molar-refractivity contribution in [3.8, 4) is 17.0 Å². The normalized spacial score (nSPS) is 10.9. The van der Waals surface area contributed by atoms with Gasteiger partial charge in [-0.05, 0) is 36.6 Å². The number of methoxy groups -OCH3 is 1. The third-order valence-corrected chi connectivity index (χ3v) is 3.09. The Morgan fingerprint density at radius 3 is 2.56 bits per heavy atom. The molecule has 1 aromatic heterocycles. The number of anilines is 1. The Balaban J connectivity index is 2.53. The van der Waals surface area contributed by atoms with Gasteiger partial charge in [0.25, 0.3) is 0 Å². The van der Waals surface area contributed by atoms with Gasteiger partial charge >= 0.3 is 0 Å².